The normalized spacial score (nSPS) is 17.9. The van der Waals surface area contributed by atoms with E-state index in [1.54, 1.807) is 30.3 Å². The second-order valence-corrected chi connectivity index (χ2v) is 4.46. The molecule has 1 N–H and O–H groups in total. The van der Waals surface area contributed by atoms with E-state index in [0.29, 0.717) is 5.56 Å². The smallest absolute Gasteiger partial charge is 0.130 e. The van der Waals surface area contributed by atoms with Crippen LogP contribution in [0.1, 0.15) is 23.7 Å². The summed E-state index contributed by atoms with van der Waals surface area (Å²) in [6.07, 6.45) is 1.25. The van der Waals surface area contributed by atoms with Crippen LogP contribution in [0.15, 0.2) is 42.5 Å². The Hall–Kier alpha value is -2.03. The number of benzene rings is 2. The van der Waals surface area contributed by atoms with E-state index in [0.717, 1.165) is 24.2 Å². The monoisotopic (exact) mass is 244 g/mol. The minimum atomic E-state index is -0.247. The van der Waals surface area contributed by atoms with Crippen molar-refractivity contribution in [1.82, 2.24) is 0 Å². The van der Waals surface area contributed by atoms with E-state index in [9.17, 15) is 9.50 Å². The number of phenolic OH excluding ortho intramolecular Hbond substituents is 1. The maximum atomic E-state index is 13.7. The molecule has 1 aliphatic heterocycles. The van der Waals surface area contributed by atoms with Gasteiger partial charge in [-0.15, -0.1) is 0 Å². The van der Waals surface area contributed by atoms with Crippen LogP contribution in [-0.4, -0.2) is 5.11 Å². The van der Waals surface area contributed by atoms with Crippen molar-refractivity contribution >= 4 is 0 Å². The van der Waals surface area contributed by atoms with Crippen LogP contribution in [-0.2, 0) is 6.42 Å². The van der Waals surface area contributed by atoms with Crippen LogP contribution in [0.5, 0.6) is 11.5 Å². The molecule has 1 atom stereocenters. The Morgan fingerprint density at radius 2 is 2.00 bits per heavy atom. The van der Waals surface area contributed by atoms with Crippen LogP contribution < -0.4 is 4.74 Å². The molecule has 0 fully saturated rings. The fourth-order valence-electron chi connectivity index (χ4n) is 2.33. The van der Waals surface area contributed by atoms with Crippen molar-refractivity contribution in [1.29, 1.82) is 0 Å². The molecule has 0 spiro atoms. The largest absolute Gasteiger partial charge is 0.508 e. The molecule has 2 aromatic carbocycles. The average molecular weight is 244 g/mol. The van der Waals surface area contributed by atoms with E-state index >= 15 is 0 Å². The van der Waals surface area contributed by atoms with Gasteiger partial charge in [0, 0.05) is 5.56 Å². The number of ether oxygens (including phenoxy) is 1. The number of hydrogen-bond donors (Lipinski definition) is 1. The number of hydrogen-bond acceptors (Lipinski definition) is 2. The summed E-state index contributed by atoms with van der Waals surface area (Å²) in [5, 5.41) is 9.40. The summed E-state index contributed by atoms with van der Waals surface area (Å²) < 4.78 is 19.5. The van der Waals surface area contributed by atoms with Crippen molar-refractivity contribution in [2.24, 2.45) is 0 Å². The van der Waals surface area contributed by atoms with Crippen LogP contribution in [0.4, 0.5) is 4.39 Å². The quantitative estimate of drug-likeness (QED) is 0.830. The van der Waals surface area contributed by atoms with Gasteiger partial charge in [-0.1, -0.05) is 18.2 Å². The predicted octanol–water partition coefficient (Wildman–Crippen LogP) is 3.60. The minimum absolute atomic E-state index is 0.232. The van der Waals surface area contributed by atoms with Gasteiger partial charge in [0.25, 0.3) is 0 Å². The van der Waals surface area contributed by atoms with Crippen molar-refractivity contribution in [2.45, 2.75) is 18.9 Å². The van der Waals surface area contributed by atoms with Crippen LogP contribution in [0.3, 0.4) is 0 Å². The van der Waals surface area contributed by atoms with Gasteiger partial charge < -0.3 is 9.84 Å². The van der Waals surface area contributed by atoms with E-state index in [-0.39, 0.29) is 17.7 Å². The summed E-state index contributed by atoms with van der Waals surface area (Å²) in [5.74, 6) is 0.735. The number of fused-ring (bicyclic) bond motifs is 1. The van der Waals surface area contributed by atoms with Crippen molar-refractivity contribution in [3.05, 3.63) is 59.4 Å². The van der Waals surface area contributed by atoms with E-state index < -0.39 is 0 Å². The maximum absolute atomic E-state index is 13.7. The fourth-order valence-corrected chi connectivity index (χ4v) is 2.33. The molecule has 1 aliphatic rings. The van der Waals surface area contributed by atoms with Gasteiger partial charge in [0.2, 0.25) is 0 Å². The summed E-state index contributed by atoms with van der Waals surface area (Å²) in [7, 11) is 0. The van der Waals surface area contributed by atoms with Crippen LogP contribution in [0.25, 0.3) is 0 Å². The highest BCUT2D eigenvalue weighted by atomic mass is 19.1. The minimum Gasteiger partial charge on any atom is -0.508 e. The standard InChI is InChI=1S/C15H13FO2/c16-13-4-2-1-3-12(13)15-7-5-10-9-11(17)6-8-14(10)18-15/h1-4,6,8-9,15,17H,5,7H2. The Labute approximate surface area is 105 Å². The van der Waals surface area contributed by atoms with E-state index in [4.69, 9.17) is 4.74 Å². The van der Waals surface area contributed by atoms with E-state index in [1.807, 2.05) is 6.07 Å². The predicted molar refractivity (Wildman–Crippen MR) is 66.2 cm³/mol. The lowest BCUT2D eigenvalue weighted by molar-refractivity contribution is 0.172. The molecule has 2 nitrogen and oxygen atoms in total. The molecule has 3 rings (SSSR count). The van der Waals surface area contributed by atoms with Gasteiger partial charge in [-0.2, -0.15) is 0 Å². The molecule has 0 aliphatic carbocycles. The first kappa shape index (κ1) is 11.1. The van der Waals surface area contributed by atoms with Gasteiger partial charge >= 0.3 is 0 Å². The molecule has 18 heavy (non-hydrogen) atoms. The summed E-state index contributed by atoms with van der Waals surface area (Å²) >= 11 is 0. The molecule has 92 valence electrons. The molecule has 0 amide bonds. The second-order valence-electron chi connectivity index (χ2n) is 4.46. The lowest BCUT2D eigenvalue weighted by Gasteiger charge is -2.26. The average Bonchev–Trinajstić information content (AvgIpc) is 2.39. The first-order chi connectivity index (χ1) is 8.74. The zero-order valence-corrected chi connectivity index (χ0v) is 9.77. The lowest BCUT2D eigenvalue weighted by Crippen LogP contribution is -2.16. The number of phenols is 1. The van der Waals surface area contributed by atoms with Gasteiger partial charge in [0.05, 0.1) is 0 Å². The molecule has 0 aromatic heterocycles. The first-order valence-electron chi connectivity index (χ1n) is 5.97. The third-order valence-electron chi connectivity index (χ3n) is 3.24. The molecular formula is C15H13FO2. The van der Waals surface area contributed by atoms with Crippen molar-refractivity contribution in [3.63, 3.8) is 0 Å². The molecule has 0 radical (unpaired) electrons. The SMILES string of the molecule is Oc1ccc2c(c1)CCC(c1ccccc1F)O2. The third kappa shape index (κ3) is 1.92. The fraction of sp³-hybridized carbons (Fsp3) is 0.200. The van der Waals surface area contributed by atoms with E-state index in [1.165, 1.54) is 6.07 Å². The van der Waals surface area contributed by atoms with Crippen LogP contribution in [0, 0.1) is 5.82 Å². The maximum Gasteiger partial charge on any atom is 0.130 e. The van der Waals surface area contributed by atoms with Gasteiger partial charge in [0.15, 0.2) is 0 Å². The summed E-state index contributed by atoms with van der Waals surface area (Å²) in [5.41, 5.74) is 1.57. The highest BCUT2D eigenvalue weighted by molar-refractivity contribution is 5.41. The van der Waals surface area contributed by atoms with Crippen LogP contribution >= 0.6 is 0 Å². The molecule has 0 saturated carbocycles. The molecule has 2 aromatic rings. The van der Waals surface area contributed by atoms with Gasteiger partial charge in [-0.3, -0.25) is 0 Å². The molecule has 1 unspecified atom stereocenters. The Morgan fingerprint density at radius 1 is 1.17 bits per heavy atom. The topological polar surface area (TPSA) is 29.5 Å². The molecule has 0 saturated heterocycles. The molecule has 1 heterocycles. The van der Waals surface area contributed by atoms with Gasteiger partial charge in [-0.05, 0) is 42.7 Å². The third-order valence-corrected chi connectivity index (χ3v) is 3.24. The Kier molecular flexibility index (Phi) is 2.67. The molecular weight excluding hydrogens is 231 g/mol. The highest BCUT2D eigenvalue weighted by Gasteiger charge is 2.23. The number of aryl methyl sites for hydroxylation is 1. The Morgan fingerprint density at radius 3 is 2.83 bits per heavy atom. The second kappa shape index (κ2) is 4.33. The van der Waals surface area contributed by atoms with Crippen molar-refractivity contribution in [3.8, 4) is 11.5 Å². The number of halogens is 1. The zero-order chi connectivity index (χ0) is 12.5. The summed E-state index contributed by atoms with van der Waals surface area (Å²) in [6, 6.07) is 11.7. The van der Waals surface area contributed by atoms with Gasteiger partial charge in [0.1, 0.15) is 23.4 Å². The van der Waals surface area contributed by atoms with Crippen molar-refractivity contribution < 1.29 is 14.2 Å². The number of aromatic hydroxyl groups is 1. The van der Waals surface area contributed by atoms with Crippen LogP contribution in [0.2, 0.25) is 0 Å². The summed E-state index contributed by atoms with van der Waals surface area (Å²) in [4.78, 5) is 0. The highest BCUT2D eigenvalue weighted by Crippen LogP contribution is 2.36. The molecule has 3 heteroatoms. The Bertz CT molecular complexity index is 580. The van der Waals surface area contributed by atoms with E-state index in [2.05, 4.69) is 0 Å². The lowest BCUT2D eigenvalue weighted by atomic mass is 9.97. The first-order valence-corrected chi connectivity index (χ1v) is 5.97. The zero-order valence-electron chi connectivity index (χ0n) is 9.77. The number of rotatable bonds is 1. The van der Waals surface area contributed by atoms with Gasteiger partial charge in [-0.25, -0.2) is 4.39 Å². The van der Waals surface area contributed by atoms with Crippen molar-refractivity contribution in [2.75, 3.05) is 0 Å². The Balaban J connectivity index is 1.92. The molecule has 0 bridgehead atoms. The summed E-state index contributed by atoms with van der Waals surface area (Å²) in [6.45, 7) is 0.